The summed E-state index contributed by atoms with van der Waals surface area (Å²) in [5.74, 6) is 1.91. The van der Waals surface area contributed by atoms with Crippen molar-refractivity contribution in [3.8, 4) is 23.5 Å². The number of carbonyl (C=O) groups excluding carboxylic acids is 1. The minimum atomic E-state index is -2.82. The molecule has 2 aromatic carbocycles. The Kier molecular flexibility index (Phi) is 4.67. The molecule has 0 saturated heterocycles. The molecule has 2 aromatic rings. The predicted octanol–water partition coefficient (Wildman–Crippen LogP) is 4.24. The molecule has 7 heteroatoms. The van der Waals surface area contributed by atoms with Crippen molar-refractivity contribution in [2.24, 2.45) is 5.10 Å². The van der Waals surface area contributed by atoms with E-state index >= 15 is 0 Å². The van der Waals surface area contributed by atoms with E-state index in [1.807, 2.05) is 0 Å². The Labute approximate surface area is 147 Å². The number of hydrogen-bond donors (Lipinski definition) is 1. The van der Waals surface area contributed by atoms with E-state index < -0.39 is 24.4 Å². The zero-order valence-corrected chi connectivity index (χ0v) is 13.6. The van der Waals surface area contributed by atoms with Crippen LogP contribution in [0.25, 0.3) is 11.1 Å². The summed E-state index contributed by atoms with van der Waals surface area (Å²) < 4.78 is 45.6. The highest BCUT2D eigenvalue weighted by Gasteiger charge is 2.26. The predicted molar refractivity (Wildman–Crippen MR) is 90.3 cm³/mol. The molecule has 132 valence electrons. The molecule has 0 spiro atoms. The molecule has 1 N–H and O–H groups in total. The van der Waals surface area contributed by atoms with Crippen LogP contribution in [0.3, 0.4) is 0 Å². The molecule has 1 aliphatic heterocycles. The number of nitrogens with zero attached hydrogens (tertiary/aromatic N) is 1. The maximum atomic E-state index is 13.7. The molecule has 1 amide bonds. The first-order valence-electron chi connectivity index (χ1n) is 7.64. The Bertz CT molecular complexity index is 931. The molecule has 0 aromatic heterocycles. The molecule has 1 atom stereocenters. The Morgan fingerprint density at radius 2 is 1.92 bits per heavy atom. The third-order valence-electron chi connectivity index (χ3n) is 3.92. The fraction of sp³-hybridized carbons (Fsp3) is 0.158. The monoisotopic (exact) mass is 358 g/mol. The number of alkyl halides is 2. The highest BCUT2D eigenvalue weighted by molar-refractivity contribution is 6.06. The van der Waals surface area contributed by atoms with Gasteiger partial charge in [-0.1, -0.05) is 18.1 Å². The first-order valence-corrected chi connectivity index (χ1v) is 7.64. The van der Waals surface area contributed by atoms with Crippen molar-refractivity contribution in [1.29, 1.82) is 0 Å². The van der Waals surface area contributed by atoms with Crippen molar-refractivity contribution in [1.82, 2.24) is 5.43 Å². The summed E-state index contributed by atoms with van der Waals surface area (Å²) >= 11 is 0. The number of carbonyl (C=O) groups is 1. The average Bonchev–Trinajstić information content (AvgIpc) is 2.61. The van der Waals surface area contributed by atoms with Gasteiger partial charge in [0.15, 0.2) is 0 Å². The van der Waals surface area contributed by atoms with Crippen LogP contribution in [0.4, 0.5) is 18.0 Å². The molecule has 0 bridgehead atoms. The van der Waals surface area contributed by atoms with Gasteiger partial charge >= 0.3 is 6.09 Å². The summed E-state index contributed by atoms with van der Waals surface area (Å²) in [6.45, 7) is 1.57. The van der Waals surface area contributed by atoms with Crippen LogP contribution < -0.4 is 5.43 Å². The fourth-order valence-electron chi connectivity index (χ4n) is 2.78. The lowest BCUT2D eigenvalue weighted by Crippen LogP contribution is -2.37. The van der Waals surface area contributed by atoms with E-state index in [4.69, 9.17) is 11.2 Å². The fourth-order valence-corrected chi connectivity index (χ4v) is 2.78. The molecule has 0 unspecified atom stereocenters. The zero-order valence-electron chi connectivity index (χ0n) is 13.6. The van der Waals surface area contributed by atoms with Crippen LogP contribution in [0.5, 0.6) is 0 Å². The molecule has 0 aliphatic carbocycles. The molecular weight excluding hydrogens is 345 g/mol. The van der Waals surface area contributed by atoms with Gasteiger partial charge in [0, 0.05) is 22.3 Å². The van der Waals surface area contributed by atoms with E-state index in [2.05, 4.69) is 16.4 Å². The second kappa shape index (κ2) is 6.92. The van der Waals surface area contributed by atoms with E-state index in [0.29, 0.717) is 11.1 Å². The van der Waals surface area contributed by atoms with Crippen LogP contribution in [0.15, 0.2) is 41.5 Å². The highest BCUT2D eigenvalue weighted by Crippen LogP contribution is 2.35. The Balaban J connectivity index is 2.20. The van der Waals surface area contributed by atoms with Crippen molar-refractivity contribution >= 4 is 11.8 Å². The number of hydrogen-bond acceptors (Lipinski definition) is 3. The van der Waals surface area contributed by atoms with Crippen molar-refractivity contribution in [2.45, 2.75) is 19.5 Å². The van der Waals surface area contributed by atoms with Gasteiger partial charge < -0.3 is 4.74 Å². The summed E-state index contributed by atoms with van der Waals surface area (Å²) in [6, 6.07) is 7.90. The van der Waals surface area contributed by atoms with E-state index in [1.165, 1.54) is 36.4 Å². The number of amides is 1. The number of ether oxygens (including phenoxy) is 1. The molecule has 4 nitrogen and oxygen atoms in total. The van der Waals surface area contributed by atoms with Crippen molar-refractivity contribution in [2.75, 3.05) is 0 Å². The van der Waals surface area contributed by atoms with Gasteiger partial charge in [-0.05, 0) is 36.8 Å². The van der Waals surface area contributed by atoms with E-state index in [0.717, 1.165) is 0 Å². The molecule has 0 fully saturated rings. The SMILES string of the molecule is C#Cc1cc(C2=NNC(=O)O[C@H]2C)cc(C(F)F)c1-c1ccc(F)cc1. The summed E-state index contributed by atoms with van der Waals surface area (Å²) in [5, 5.41) is 3.88. The molecule has 0 saturated carbocycles. The number of nitrogens with one attached hydrogen (secondary N) is 1. The second-order valence-corrected chi connectivity index (χ2v) is 5.60. The topological polar surface area (TPSA) is 50.7 Å². The molecular formula is C19H13F3N2O2. The maximum Gasteiger partial charge on any atom is 0.428 e. The maximum absolute atomic E-state index is 13.7. The highest BCUT2D eigenvalue weighted by atomic mass is 19.3. The van der Waals surface area contributed by atoms with Crippen molar-refractivity contribution < 1.29 is 22.7 Å². The number of benzene rings is 2. The van der Waals surface area contributed by atoms with Gasteiger partial charge in [0.25, 0.3) is 6.43 Å². The van der Waals surface area contributed by atoms with Gasteiger partial charge in [-0.3, -0.25) is 0 Å². The summed E-state index contributed by atoms with van der Waals surface area (Å²) in [4.78, 5) is 11.2. The van der Waals surface area contributed by atoms with Gasteiger partial charge in [-0.15, -0.1) is 6.42 Å². The number of hydrazone groups is 1. The lowest BCUT2D eigenvalue weighted by Gasteiger charge is -2.22. The Morgan fingerprint density at radius 1 is 1.23 bits per heavy atom. The lowest BCUT2D eigenvalue weighted by molar-refractivity contribution is 0.127. The molecule has 1 aliphatic rings. The van der Waals surface area contributed by atoms with Crippen LogP contribution >= 0.6 is 0 Å². The first-order chi connectivity index (χ1) is 12.4. The molecule has 3 rings (SSSR count). The van der Waals surface area contributed by atoms with E-state index in [1.54, 1.807) is 6.92 Å². The van der Waals surface area contributed by atoms with Crippen molar-refractivity contribution in [3.05, 3.63) is 58.9 Å². The molecule has 1 heterocycles. The number of rotatable bonds is 3. The Morgan fingerprint density at radius 3 is 2.50 bits per heavy atom. The van der Waals surface area contributed by atoms with Gasteiger partial charge in [-0.25, -0.2) is 23.4 Å². The third-order valence-corrected chi connectivity index (χ3v) is 3.92. The van der Waals surface area contributed by atoms with Gasteiger partial charge in [0.05, 0.1) is 0 Å². The molecule has 26 heavy (non-hydrogen) atoms. The second-order valence-electron chi connectivity index (χ2n) is 5.60. The smallest absolute Gasteiger partial charge is 0.428 e. The van der Waals surface area contributed by atoms with E-state index in [9.17, 15) is 18.0 Å². The van der Waals surface area contributed by atoms with Crippen molar-refractivity contribution in [3.63, 3.8) is 0 Å². The van der Waals surface area contributed by atoms with Crippen LogP contribution in [0.2, 0.25) is 0 Å². The number of cyclic esters (lactones) is 1. The minimum Gasteiger partial charge on any atom is -0.439 e. The lowest BCUT2D eigenvalue weighted by atomic mass is 9.90. The standard InChI is InChI=1S/C19H13F3N2O2/c1-3-11-8-13(17-10(2)26-19(25)24-23-17)9-15(18(21)22)16(11)12-4-6-14(20)7-5-12/h1,4-10,18H,2H3,(H,24,25)/t10-/m0/s1. The summed E-state index contributed by atoms with van der Waals surface area (Å²) in [5.41, 5.74) is 3.15. The largest absolute Gasteiger partial charge is 0.439 e. The van der Waals surface area contributed by atoms with Crippen LogP contribution in [0.1, 0.15) is 30.0 Å². The van der Waals surface area contributed by atoms with E-state index in [-0.39, 0.29) is 22.4 Å². The Hall–Kier alpha value is -3.27. The summed E-state index contributed by atoms with van der Waals surface area (Å²) in [7, 11) is 0. The van der Waals surface area contributed by atoms with Gasteiger partial charge in [-0.2, -0.15) is 5.10 Å². The quantitative estimate of drug-likeness (QED) is 0.834. The number of terminal acetylenes is 1. The van der Waals surface area contributed by atoms with Crippen LogP contribution in [0, 0.1) is 18.2 Å². The number of halogens is 3. The normalized spacial score (nSPS) is 16.5. The minimum absolute atomic E-state index is 0.153. The van der Waals surface area contributed by atoms with Gasteiger partial charge in [0.2, 0.25) is 0 Å². The first kappa shape index (κ1) is 17.5. The van der Waals surface area contributed by atoms with Crippen LogP contribution in [-0.4, -0.2) is 17.9 Å². The van der Waals surface area contributed by atoms with Gasteiger partial charge in [0.1, 0.15) is 17.6 Å². The van der Waals surface area contributed by atoms with Crippen LogP contribution in [-0.2, 0) is 4.74 Å². The third kappa shape index (κ3) is 3.26. The summed E-state index contributed by atoms with van der Waals surface area (Å²) in [6.07, 6.45) is 1.26. The molecule has 0 radical (unpaired) electrons. The average molecular weight is 358 g/mol. The zero-order chi connectivity index (χ0) is 18.8.